The van der Waals surface area contributed by atoms with Gasteiger partial charge in [0.25, 0.3) is 0 Å². The fourth-order valence-corrected chi connectivity index (χ4v) is 14.2. The van der Waals surface area contributed by atoms with Crippen molar-refractivity contribution in [2.45, 2.75) is 477 Å². The van der Waals surface area contributed by atoms with Gasteiger partial charge < -0.3 is 10.2 Å². The summed E-state index contributed by atoms with van der Waals surface area (Å²) >= 11 is 0. The summed E-state index contributed by atoms with van der Waals surface area (Å²) in [5.41, 5.74) is 23.3. The number of fused-ring (bicyclic) bond motifs is 3. The Morgan fingerprint density at radius 1 is 0.321 bits per heavy atom. The first-order chi connectivity index (χ1) is 63.0. The summed E-state index contributed by atoms with van der Waals surface area (Å²) in [7, 11) is 0. The highest BCUT2D eigenvalue weighted by Gasteiger charge is 2.35. The minimum atomic E-state index is -0.500. The molecule has 774 valence electrons. The maximum atomic E-state index is 8.52. The van der Waals surface area contributed by atoms with E-state index in [2.05, 4.69) is 541 Å². The predicted molar refractivity (Wildman–Crippen MR) is 627 cm³/mol. The zero-order chi connectivity index (χ0) is 107. The molecule has 3 aliphatic carbocycles. The van der Waals surface area contributed by atoms with E-state index >= 15 is 0 Å². The molecule has 3 aliphatic rings. The molecule has 0 aliphatic heterocycles. The van der Waals surface area contributed by atoms with E-state index in [0.717, 1.165) is 29.2 Å². The van der Waals surface area contributed by atoms with E-state index < -0.39 is 5.60 Å². The van der Waals surface area contributed by atoms with Gasteiger partial charge in [0, 0.05) is 17.4 Å². The molecule has 9 aromatic rings. The molecule has 0 saturated heterocycles. The number of hydrogen-bond donors (Lipinski definition) is 2. The average molecular weight is 1880 g/mol. The van der Waals surface area contributed by atoms with Crippen LogP contribution in [0.15, 0.2) is 249 Å². The lowest BCUT2D eigenvalue weighted by molar-refractivity contribution is 0.102. The molecule has 0 unspecified atom stereocenters. The Labute approximate surface area is 854 Å². The molecule has 0 atom stereocenters. The first-order valence-electron chi connectivity index (χ1n) is 53.7. The molecule has 2 saturated carbocycles. The first kappa shape index (κ1) is 136. The van der Waals surface area contributed by atoms with Gasteiger partial charge in [-0.3, -0.25) is 0 Å². The second-order valence-electron chi connectivity index (χ2n) is 49.8. The molecule has 0 bridgehead atoms. The van der Waals surface area contributed by atoms with Crippen molar-refractivity contribution in [2.75, 3.05) is 6.61 Å². The van der Waals surface area contributed by atoms with Crippen LogP contribution in [0.4, 0.5) is 0 Å². The Morgan fingerprint density at radius 2 is 0.577 bits per heavy atom. The third-order valence-corrected chi connectivity index (χ3v) is 24.7. The number of aliphatic hydroxyl groups excluding tert-OH is 1. The van der Waals surface area contributed by atoms with Gasteiger partial charge in [-0.1, -0.05) is 616 Å². The third kappa shape index (κ3) is 64.6. The average Bonchev–Trinajstić information content (AvgIpc) is 1.59. The monoisotopic (exact) mass is 1880 g/mol. The van der Waals surface area contributed by atoms with Gasteiger partial charge in [0.15, 0.2) is 0 Å². The minimum Gasteiger partial charge on any atom is -0.397 e. The smallest absolute Gasteiger partial charge is 0.0563 e. The van der Waals surface area contributed by atoms with Crippen LogP contribution in [0.25, 0.3) is 16.7 Å². The first-order valence-corrected chi connectivity index (χ1v) is 53.7. The van der Waals surface area contributed by atoms with E-state index in [-0.39, 0.29) is 44.5 Å². The predicted octanol–water partition coefficient (Wildman–Crippen LogP) is 42.7. The highest BCUT2D eigenvalue weighted by Crippen LogP contribution is 2.48. The molecule has 2 fully saturated rings. The zero-order valence-corrected chi connectivity index (χ0v) is 98.9. The summed E-state index contributed by atoms with van der Waals surface area (Å²) in [5.74, 6) is 4.14. The van der Waals surface area contributed by atoms with Crippen LogP contribution in [0.1, 0.15) is 494 Å². The van der Waals surface area contributed by atoms with Crippen molar-refractivity contribution in [3.63, 3.8) is 0 Å². The van der Waals surface area contributed by atoms with Crippen molar-refractivity contribution >= 4 is 5.57 Å². The van der Waals surface area contributed by atoms with Crippen LogP contribution in [-0.2, 0) is 43.3 Å². The maximum Gasteiger partial charge on any atom is 0.0563 e. The van der Waals surface area contributed by atoms with Crippen LogP contribution in [0.2, 0.25) is 0 Å². The largest absolute Gasteiger partial charge is 0.397 e. The third-order valence-electron chi connectivity index (χ3n) is 24.7. The second kappa shape index (κ2) is 68.7. The van der Waals surface area contributed by atoms with E-state index in [9.17, 15) is 0 Å². The van der Waals surface area contributed by atoms with Gasteiger partial charge >= 0.3 is 0 Å². The fourth-order valence-electron chi connectivity index (χ4n) is 14.2. The van der Waals surface area contributed by atoms with Crippen LogP contribution < -0.4 is 0 Å². The summed E-state index contributed by atoms with van der Waals surface area (Å²) in [6.07, 6.45) is 21.0. The summed E-state index contributed by atoms with van der Waals surface area (Å²) < 4.78 is 0. The molecule has 2 heteroatoms. The lowest BCUT2D eigenvalue weighted by Gasteiger charge is -2.28. The van der Waals surface area contributed by atoms with Gasteiger partial charge in [-0.25, -0.2) is 0 Å². The van der Waals surface area contributed by atoms with Crippen LogP contribution in [0, 0.1) is 34.5 Å². The van der Waals surface area contributed by atoms with E-state index in [1.54, 1.807) is 27.7 Å². The summed E-state index contributed by atoms with van der Waals surface area (Å²) in [5, 5.41) is 16.1. The number of allylic oxidation sites excluding steroid dienone is 1. The Bertz CT molecular complexity index is 4200. The second-order valence-corrected chi connectivity index (χ2v) is 49.8. The van der Waals surface area contributed by atoms with E-state index in [4.69, 9.17) is 10.2 Å². The zero-order valence-electron chi connectivity index (χ0n) is 98.9. The molecule has 0 radical (unpaired) electrons. The molecule has 0 heterocycles. The number of rotatable bonds is 9. The van der Waals surface area contributed by atoms with Crippen molar-refractivity contribution in [1.82, 2.24) is 0 Å². The summed E-state index contributed by atoms with van der Waals surface area (Å²) in [4.78, 5) is 0. The van der Waals surface area contributed by atoms with E-state index in [1.165, 1.54) is 174 Å². The normalized spacial score (nSPS) is 13.5. The van der Waals surface area contributed by atoms with Crippen LogP contribution in [-0.4, -0.2) is 22.4 Å². The highest BCUT2D eigenvalue weighted by molar-refractivity contribution is 5.80. The highest BCUT2D eigenvalue weighted by atomic mass is 16.3. The van der Waals surface area contributed by atoms with Crippen molar-refractivity contribution in [2.24, 2.45) is 34.5 Å². The van der Waals surface area contributed by atoms with Crippen molar-refractivity contribution in [3.05, 3.63) is 316 Å². The Kier molecular flexibility index (Phi) is 68.2. The summed E-state index contributed by atoms with van der Waals surface area (Å²) in [6, 6.07) is 86.2. The van der Waals surface area contributed by atoms with Gasteiger partial charge in [-0.2, -0.15) is 0 Å². The molecule has 0 aromatic heterocycles. The standard InChI is InChI=1S/C15H14.C15H16.2C14H22.C13H18.C10H14.C9H12.C8H16.C7H14.2C6H14.C5H12.C4H10O.C4H10.C3H8.C2H6O/c1-15(2)13-9-5-3-7-11(13)12-8-4-6-10-14(12)15;1-15(2,13-9-5-3-6-10-13)14-11-7-4-8-12-14;1-13(2,3)11-7-9-12(10-8-11)14(4,5)6;1-13(2,3)11-8-7-9-12(10-11)14(4,5)6;1-10(2)11-8-6-7-9-12(11)13(3,4)5;1-10(2,3)9-7-5-4-6-8-9;1-8(2)9-6-4-3-5-7-9;1-8(2)6-4-3-5-7-8;1-7(2)5-3-4-6-7;1-5(2)6(3)4;1-4-5-6(2)3;1-4-5(2)3;1-4(2,3)5;1-3-4-2;1-3-2;1-2-3/h3-10H,1-2H3;3-12H,1-2H3;2*7-10H,1-6H3;6-9H,1H2,2-5H3;4-8H,1-3H3;3-8H,1-2H3;3-7H2,1-2H3;3-6H2,1-2H3;5-6H,1-4H3;6H,4-5H2,1-3H3;5H,4H2,1-3H3;5H,1-3H3;3-4H2,1-2H3;3H2,1-2H3;3H,2H2,1H3. The van der Waals surface area contributed by atoms with E-state index in [1.807, 2.05) is 6.07 Å². The Balaban J connectivity index is -0.000000703. The van der Waals surface area contributed by atoms with Crippen LogP contribution in [0.3, 0.4) is 0 Å². The number of unbranched alkanes of at least 4 members (excludes halogenated alkanes) is 1. The Morgan fingerprint density at radius 3 is 0.781 bits per heavy atom. The Hall–Kier alpha value is -7.36. The molecule has 12 rings (SSSR count). The molecule has 0 spiro atoms. The van der Waals surface area contributed by atoms with Gasteiger partial charge in [0.2, 0.25) is 0 Å². The van der Waals surface area contributed by atoms with Crippen molar-refractivity contribution < 1.29 is 10.2 Å². The molecular formula is C135H222O2. The topological polar surface area (TPSA) is 40.5 Å². The summed E-state index contributed by atoms with van der Waals surface area (Å²) in [6.45, 7) is 108. The van der Waals surface area contributed by atoms with Gasteiger partial charge in [0.05, 0.1) is 5.60 Å². The molecule has 2 N–H and O–H groups in total. The molecule has 9 aromatic carbocycles. The number of hydrogen-bond acceptors (Lipinski definition) is 2. The molecule has 137 heavy (non-hydrogen) atoms. The maximum absolute atomic E-state index is 8.52. The molecule has 2 nitrogen and oxygen atoms in total. The van der Waals surface area contributed by atoms with Crippen LogP contribution in [0.5, 0.6) is 0 Å². The number of benzene rings is 9. The van der Waals surface area contributed by atoms with Gasteiger partial charge in [-0.05, 0) is 211 Å². The fraction of sp³-hybridized carbons (Fsp3) is 0.585. The lowest BCUT2D eigenvalue weighted by atomic mass is 9.78. The van der Waals surface area contributed by atoms with Gasteiger partial charge in [-0.15, -0.1) is 0 Å². The quantitative estimate of drug-likeness (QED) is 0.151. The van der Waals surface area contributed by atoms with Gasteiger partial charge in [0.1, 0.15) is 0 Å². The minimum absolute atomic E-state index is 0.0858. The van der Waals surface area contributed by atoms with Crippen molar-refractivity contribution in [3.8, 4) is 11.1 Å². The van der Waals surface area contributed by atoms with E-state index in [0.29, 0.717) is 22.2 Å². The molecule has 0 amide bonds. The van der Waals surface area contributed by atoms with Crippen molar-refractivity contribution in [1.29, 1.82) is 0 Å². The molecular weight excluding hydrogens is 1650 g/mol. The lowest BCUT2D eigenvalue weighted by Crippen LogP contribution is -2.18. The SMILES string of the molecule is C=C(C)c1ccccc1C(C)(C)C.CC(C)(C)O.CC(C)(C)c1ccc(C(C)(C)C)cc1.CC(C)(C)c1cccc(C(C)(C)C)c1.CC(C)(C)c1ccccc1.CC(C)(c1ccccc1)c1ccccc1.CC(C)C(C)C.CC(C)c1ccccc1.CC1(C)CCCC1.CC1(C)CCCCC1.CC1(C)c2ccccc2-c2ccccc21.CCC.CCC(C)C.CCCC.CCCC(C)C.CCO. The number of aliphatic hydroxyl groups is 2. The van der Waals surface area contributed by atoms with Crippen LogP contribution >= 0.6 is 0 Å².